The molecule has 0 atom stereocenters. The molecule has 0 unspecified atom stereocenters. The van der Waals surface area contributed by atoms with Crippen molar-refractivity contribution in [3.05, 3.63) is 65.7 Å². The highest BCUT2D eigenvalue weighted by molar-refractivity contribution is 5.97. The number of aryl methyl sites for hydroxylation is 1. The second kappa shape index (κ2) is 10.9. The molecule has 186 valence electrons. The van der Waals surface area contributed by atoms with Gasteiger partial charge in [-0.3, -0.25) is 14.4 Å². The summed E-state index contributed by atoms with van der Waals surface area (Å²) in [4.78, 5) is 44.9. The van der Waals surface area contributed by atoms with Crippen LogP contribution in [0.25, 0.3) is 0 Å². The number of rotatable bonds is 8. The molecule has 0 bridgehead atoms. The number of carbonyl (C=O) groups is 3. The lowest BCUT2D eigenvalue weighted by atomic mass is 9.85. The van der Waals surface area contributed by atoms with Crippen LogP contribution in [0.4, 0.5) is 5.69 Å². The summed E-state index contributed by atoms with van der Waals surface area (Å²) in [6, 6.07) is 17.4. The zero-order valence-corrected chi connectivity index (χ0v) is 20.5. The zero-order valence-electron chi connectivity index (χ0n) is 20.5. The summed E-state index contributed by atoms with van der Waals surface area (Å²) in [5, 5.41) is 2.87. The molecule has 0 aromatic heterocycles. The first-order chi connectivity index (χ1) is 16.9. The molecule has 35 heavy (non-hydrogen) atoms. The molecule has 0 saturated carbocycles. The number of hydrogen-bond acceptors (Lipinski definition) is 5. The Morgan fingerprint density at radius 3 is 2.37 bits per heavy atom. The maximum Gasteiger partial charge on any atom is 0.253 e. The van der Waals surface area contributed by atoms with Crippen molar-refractivity contribution in [1.29, 1.82) is 0 Å². The molecule has 0 radical (unpaired) electrons. The molecular formula is C27H34N4O4. The molecule has 8 heteroatoms. The number of benzene rings is 2. The summed E-state index contributed by atoms with van der Waals surface area (Å²) in [5.74, 6) is -0.230. The Bertz CT molecular complexity index is 1030. The van der Waals surface area contributed by atoms with E-state index in [1.54, 1.807) is 12.0 Å². The fourth-order valence-electron chi connectivity index (χ4n) is 4.95. The van der Waals surface area contributed by atoms with E-state index in [-0.39, 0.29) is 24.3 Å². The molecule has 2 aromatic rings. The Hall–Kier alpha value is -3.39. The van der Waals surface area contributed by atoms with Crippen molar-refractivity contribution < 1.29 is 19.1 Å². The summed E-state index contributed by atoms with van der Waals surface area (Å²) >= 11 is 0. The van der Waals surface area contributed by atoms with Crippen molar-refractivity contribution in [2.24, 2.45) is 0 Å². The van der Waals surface area contributed by atoms with Crippen molar-refractivity contribution in [3.8, 4) is 0 Å². The van der Waals surface area contributed by atoms with Crippen molar-refractivity contribution in [2.45, 2.75) is 31.7 Å². The Labute approximate surface area is 206 Å². The number of likely N-dealkylation sites (tertiary alicyclic amines) is 1. The number of nitrogens with zero attached hydrogens (tertiary/aromatic N) is 3. The average molecular weight is 479 g/mol. The summed E-state index contributed by atoms with van der Waals surface area (Å²) in [6.45, 7) is 4.42. The van der Waals surface area contributed by atoms with Crippen LogP contribution in [0, 0.1) is 6.92 Å². The minimum atomic E-state index is -0.762. The van der Waals surface area contributed by atoms with Crippen LogP contribution >= 0.6 is 0 Å². The molecule has 2 aromatic carbocycles. The van der Waals surface area contributed by atoms with E-state index in [4.69, 9.17) is 4.74 Å². The largest absolute Gasteiger partial charge is 0.385 e. The normalized spacial score (nSPS) is 17.2. The molecule has 2 heterocycles. The molecule has 0 aliphatic carbocycles. The minimum absolute atomic E-state index is 0.0103. The maximum absolute atomic E-state index is 13.7. The van der Waals surface area contributed by atoms with E-state index >= 15 is 0 Å². The van der Waals surface area contributed by atoms with Gasteiger partial charge in [-0.1, -0.05) is 35.9 Å². The Morgan fingerprint density at radius 1 is 1.03 bits per heavy atom. The van der Waals surface area contributed by atoms with Crippen LogP contribution in [0.2, 0.25) is 0 Å². The lowest BCUT2D eigenvalue weighted by molar-refractivity contribution is -0.137. The van der Waals surface area contributed by atoms with Gasteiger partial charge in [-0.2, -0.15) is 0 Å². The molecule has 2 aliphatic rings. The molecule has 8 nitrogen and oxygen atoms in total. The van der Waals surface area contributed by atoms with E-state index in [0.29, 0.717) is 51.3 Å². The second-order valence-corrected chi connectivity index (χ2v) is 9.29. The van der Waals surface area contributed by atoms with Crippen LogP contribution in [0.15, 0.2) is 54.6 Å². The number of nitrogens with one attached hydrogen (secondary N) is 1. The predicted molar refractivity (Wildman–Crippen MR) is 134 cm³/mol. The van der Waals surface area contributed by atoms with Gasteiger partial charge < -0.3 is 24.8 Å². The van der Waals surface area contributed by atoms with Crippen LogP contribution in [0.1, 0.15) is 35.2 Å². The number of ether oxygens (including phenoxy) is 1. The van der Waals surface area contributed by atoms with E-state index in [0.717, 1.165) is 17.7 Å². The number of methoxy groups -OCH3 is 1. The van der Waals surface area contributed by atoms with Crippen molar-refractivity contribution in [1.82, 2.24) is 15.1 Å². The fourth-order valence-corrected chi connectivity index (χ4v) is 4.95. The van der Waals surface area contributed by atoms with E-state index in [1.807, 2.05) is 66.4 Å². The molecule has 2 saturated heterocycles. The van der Waals surface area contributed by atoms with Crippen LogP contribution in [-0.2, 0) is 14.3 Å². The summed E-state index contributed by atoms with van der Waals surface area (Å²) in [5.41, 5.74) is 1.96. The third kappa shape index (κ3) is 5.32. The SMILES string of the molecule is COCCCNC(=O)CN1CN(c2ccccc2)C2(CCN(C(=O)c3ccc(C)cc3)CC2)C1=O. The first-order valence-electron chi connectivity index (χ1n) is 12.2. The van der Waals surface area contributed by atoms with E-state index < -0.39 is 5.54 Å². The quantitative estimate of drug-likeness (QED) is 0.590. The van der Waals surface area contributed by atoms with E-state index in [2.05, 4.69) is 10.2 Å². The van der Waals surface area contributed by atoms with Gasteiger partial charge in [-0.05, 0) is 50.5 Å². The number of anilines is 1. The van der Waals surface area contributed by atoms with Crippen molar-refractivity contribution in [3.63, 3.8) is 0 Å². The van der Waals surface area contributed by atoms with Gasteiger partial charge in [0.25, 0.3) is 11.8 Å². The third-order valence-corrected chi connectivity index (χ3v) is 6.94. The summed E-state index contributed by atoms with van der Waals surface area (Å²) in [7, 11) is 1.63. The number of carbonyl (C=O) groups excluding carboxylic acids is 3. The molecule has 2 aliphatic heterocycles. The van der Waals surface area contributed by atoms with E-state index in [1.165, 1.54) is 0 Å². The molecular weight excluding hydrogens is 444 g/mol. The van der Waals surface area contributed by atoms with Crippen molar-refractivity contribution >= 4 is 23.4 Å². The van der Waals surface area contributed by atoms with Crippen LogP contribution < -0.4 is 10.2 Å². The number of amides is 3. The Kier molecular flexibility index (Phi) is 7.70. The van der Waals surface area contributed by atoms with Gasteiger partial charge in [-0.15, -0.1) is 0 Å². The van der Waals surface area contributed by atoms with Crippen LogP contribution in [0.5, 0.6) is 0 Å². The fraction of sp³-hybridized carbons (Fsp3) is 0.444. The molecule has 1 spiro atoms. The highest BCUT2D eigenvalue weighted by Crippen LogP contribution is 2.39. The minimum Gasteiger partial charge on any atom is -0.385 e. The van der Waals surface area contributed by atoms with Crippen LogP contribution in [-0.4, -0.2) is 79.6 Å². The standard InChI is InChI=1S/C27H34N4O4/c1-21-9-11-22(12-10-21)25(33)29-16-13-27(14-17-29)26(34)30(19-24(32)28-15-6-18-35-2)20-31(27)23-7-4-3-5-8-23/h3-5,7-12H,6,13-20H2,1-2H3,(H,28,32). The van der Waals surface area contributed by atoms with Gasteiger partial charge in [0.1, 0.15) is 12.1 Å². The van der Waals surface area contributed by atoms with Gasteiger partial charge in [-0.25, -0.2) is 0 Å². The van der Waals surface area contributed by atoms with Gasteiger partial charge in [0.15, 0.2) is 0 Å². The second-order valence-electron chi connectivity index (χ2n) is 9.29. The Balaban J connectivity index is 1.48. The van der Waals surface area contributed by atoms with E-state index in [9.17, 15) is 14.4 Å². The average Bonchev–Trinajstić information content (AvgIpc) is 3.14. The third-order valence-electron chi connectivity index (χ3n) is 6.94. The molecule has 3 amide bonds. The highest BCUT2D eigenvalue weighted by atomic mass is 16.5. The van der Waals surface area contributed by atoms with Gasteiger partial charge >= 0.3 is 0 Å². The lowest BCUT2D eigenvalue weighted by Gasteiger charge is -2.43. The van der Waals surface area contributed by atoms with Gasteiger partial charge in [0.2, 0.25) is 5.91 Å². The summed E-state index contributed by atoms with van der Waals surface area (Å²) < 4.78 is 5.02. The number of piperidine rings is 1. The first kappa shape index (κ1) is 24.7. The Morgan fingerprint density at radius 2 is 1.71 bits per heavy atom. The van der Waals surface area contributed by atoms with Crippen molar-refractivity contribution in [2.75, 3.05) is 51.5 Å². The van der Waals surface area contributed by atoms with Crippen LogP contribution in [0.3, 0.4) is 0 Å². The number of hydrogen-bond donors (Lipinski definition) is 1. The lowest BCUT2D eigenvalue weighted by Crippen LogP contribution is -2.57. The zero-order chi connectivity index (χ0) is 24.8. The first-order valence-corrected chi connectivity index (χ1v) is 12.2. The number of para-hydroxylation sites is 1. The molecule has 1 N–H and O–H groups in total. The maximum atomic E-state index is 13.7. The molecule has 4 rings (SSSR count). The monoisotopic (exact) mass is 478 g/mol. The molecule has 2 fully saturated rings. The van der Waals surface area contributed by atoms with Gasteiger partial charge in [0.05, 0.1) is 6.67 Å². The van der Waals surface area contributed by atoms with Gasteiger partial charge in [0, 0.05) is 44.6 Å². The predicted octanol–water partition coefficient (Wildman–Crippen LogP) is 2.43. The summed E-state index contributed by atoms with van der Waals surface area (Å²) in [6.07, 6.45) is 1.76. The topological polar surface area (TPSA) is 82.2 Å². The highest BCUT2D eigenvalue weighted by Gasteiger charge is 2.54. The smallest absolute Gasteiger partial charge is 0.253 e.